The Morgan fingerprint density at radius 2 is 1.47 bits per heavy atom. The smallest absolute Gasteiger partial charge is 0.293 e. The molecule has 0 aliphatic rings. The number of nitro benzene ring substituents is 1. The third kappa shape index (κ3) is 4.16. The third-order valence-electron chi connectivity index (χ3n) is 6.55. The van der Waals surface area contributed by atoms with Crippen molar-refractivity contribution in [2.24, 2.45) is 0 Å². The van der Waals surface area contributed by atoms with E-state index in [2.05, 4.69) is 35.0 Å². The Kier molecular flexibility index (Phi) is 5.86. The SMILES string of the molecule is O=c1c2ccccc2nc(/C=C\c2cn(Cc3ccccc3)c3ccccc23)n1-c1ccccc1[N+](=O)[O-]. The van der Waals surface area contributed by atoms with E-state index in [1.807, 2.05) is 42.5 Å². The maximum absolute atomic E-state index is 13.6. The lowest BCUT2D eigenvalue weighted by molar-refractivity contribution is -0.384. The first-order valence-electron chi connectivity index (χ1n) is 12.2. The zero-order valence-corrected chi connectivity index (χ0v) is 20.3. The number of aromatic nitrogens is 3. The molecule has 0 saturated carbocycles. The molecule has 0 fully saturated rings. The van der Waals surface area contributed by atoms with Crippen LogP contribution < -0.4 is 5.56 Å². The van der Waals surface area contributed by atoms with Crippen LogP contribution in [0, 0.1) is 10.1 Å². The Morgan fingerprint density at radius 3 is 2.29 bits per heavy atom. The standard InChI is InChI=1S/C31H22N4O3/c36-31-25-13-4-6-14-26(25)32-30(34(31)28-16-8-9-17-29(28)35(37)38)19-18-23-21-33(20-22-10-2-1-3-11-22)27-15-7-5-12-24(23)27/h1-19,21H,20H2/b19-18-. The van der Waals surface area contributed by atoms with Gasteiger partial charge in [-0.1, -0.05) is 72.8 Å². The molecule has 2 aromatic heterocycles. The van der Waals surface area contributed by atoms with Gasteiger partial charge in [0.25, 0.3) is 11.2 Å². The number of fused-ring (bicyclic) bond motifs is 2. The molecule has 0 atom stereocenters. The summed E-state index contributed by atoms with van der Waals surface area (Å²) in [5.74, 6) is 0.308. The highest BCUT2D eigenvalue weighted by Gasteiger charge is 2.19. The van der Waals surface area contributed by atoms with Crippen LogP contribution in [0.5, 0.6) is 0 Å². The molecular formula is C31H22N4O3. The van der Waals surface area contributed by atoms with E-state index in [0.29, 0.717) is 23.3 Å². The van der Waals surface area contributed by atoms with Crippen molar-refractivity contribution in [3.8, 4) is 5.69 Å². The average molecular weight is 499 g/mol. The number of hydrogen-bond donors (Lipinski definition) is 0. The molecule has 0 N–H and O–H groups in total. The summed E-state index contributed by atoms with van der Waals surface area (Å²) in [5.41, 5.74) is 3.39. The highest BCUT2D eigenvalue weighted by Crippen LogP contribution is 2.26. The van der Waals surface area contributed by atoms with Crippen molar-refractivity contribution in [2.45, 2.75) is 6.54 Å². The molecule has 0 aliphatic carbocycles. The molecule has 0 bridgehead atoms. The molecule has 184 valence electrons. The molecule has 0 radical (unpaired) electrons. The van der Waals surface area contributed by atoms with Gasteiger partial charge in [0.15, 0.2) is 0 Å². The van der Waals surface area contributed by atoms with E-state index >= 15 is 0 Å². The van der Waals surface area contributed by atoms with Gasteiger partial charge in [0, 0.05) is 35.3 Å². The topological polar surface area (TPSA) is 83.0 Å². The predicted molar refractivity (Wildman–Crippen MR) is 150 cm³/mol. The largest absolute Gasteiger partial charge is 0.342 e. The van der Waals surface area contributed by atoms with E-state index in [1.165, 1.54) is 16.2 Å². The van der Waals surface area contributed by atoms with Crippen molar-refractivity contribution in [3.63, 3.8) is 0 Å². The van der Waals surface area contributed by atoms with Crippen molar-refractivity contribution in [1.29, 1.82) is 0 Å². The summed E-state index contributed by atoms with van der Waals surface area (Å²) in [4.78, 5) is 29.7. The van der Waals surface area contributed by atoms with Crippen molar-refractivity contribution in [2.75, 3.05) is 0 Å². The molecule has 0 aliphatic heterocycles. The second-order valence-electron chi connectivity index (χ2n) is 8.92. The highest BCUT2D eigenvalue weighted by atomic mass is 16.6. The Bertz CT molecular complexity index is 1900. The van der Waals surface area contributed by atoms with Crippen molar-refractivity contribution in [1.82, 2.24) is 14.1 Å². The Balaban J connectivity index is 1.52. The Hall–Kier alpha value is -5.30. The molecule has 0 saturated heterocycles. The summed E-state index contributed by atoms with van der Waals surface area (Å²) in [5, 5.41) is 13.3. The summed E-state index contributed by atoms with van der Waals surface area (Å²) in [6.45, 7) is 0.713. The molecule has 0 spiro atoms. The van der Waals surface area contributed by atoms with Gasteiger partial charge in [-0.2, -0.15) is 0 Å². The second kappa shape index (κ2) is 9.63. The van der Waals surface area contributed by atoms with Crippen LogP contribution in [0.15, 0.2) is 114 Å². The van der Waals surface area contributed by atoms with Crippen molar-refractivity contribution >= 4 is 39.6 Å². The minimum absolute atomic E-state index is 0.166. The molecule has 38 heavy (non-hydrogen) atoms. The summed E-state index contributed by atoms with van der Waals surface area (Å²) in [7, 11) is 0. The normalized spacial score (nSPS) is 11.5. The number of hydrogen-bond acceptors (Lipinski definition) is 4. The van der Waals surface area contributed by atoms with Crippen LogP contribution in [-0.2, 0) is 6.54 Å². The van der Waals surface area contributed by atoms with Crippen LogP contribution in [0.4, 0.5) is 5.69 Å². The molecule has 0 unspecified atom stereocenters. The number of benzene rings is 4. The van der Waals surface area contributed by atoms with Crippen LogP contribution in [0.3, 0.4) is 0 Å². The summed E-state index contributed by atoms with van der Waals surface area (Å²) in [6.07, 6.45) is 5.73. The Labute approximate surface area is 217 Å². The van der Waals surface area contributed by atoms with E-state index in [1.54, 1.807) is 42.5 Å². The van der Waals surface area contributed by atoms with E-state index in [9.17, 15) is 14.9 Å². The summed E-state index contributed by atoms with van der Waals surface area (Å²) >= 11 is 0. The van der Waals surface area contributed by atoms with E-state index in [0.717, 1.165) is 16.5 Å². The maximum Gasteiger partial charge on any atom is 0.293 e. The Morgan fingerprint density at radius 1 is 0.789 bits per heavy atom. The zero-order valence-electron chi connectivity index (χ0n) is 20.3. The van der Waals surface area contributed by atoms with Gasteiger partial charge in [0.1, 0.15) is 11.5 Å². The van der Waals surface area contributed by atoms with Gasteiger partial charge in [-0.15, -0.1) is 0 Å². The van der Waals surface area contributed by atoms with Crippen LogP contribution in [0.1, 0.15) is 17.0 Å². The van der Waals surface area contributed by atoms with Crippen molar-refractivity contribution in [3.05, 3.63) is 147 Å². The fraction of sp³-hybridized carbons (Fsp3) is 0.0323. The lowest BCUT2D eigenvalue weighted by Crippen LogP contribution is -2.23. The minimum Gasteiger partial charge on any atom is -0.342 e. The molecule has 2 heterocycles. The summed E-state index contributed by atoms with van der Waals surface area (Å²) in [6, 6.07) is 31.6. The van der Waals surface area contributed by atoms with Gasteiger partial charge in [-0.3, -0.25) is 19.5 Å². The summed E-state index contributed by atoms with van der Waals surface area (Å²) < 4.78 is 3.51. The lowest BCUT2D eigenvalue weighted by atomic mass is 10.1. The minimum atomic E-state index is -0.484. The highest BCUT2D eigenvalue weighted by molar-refractivity contribution is 5.92. The van der Waals surface area contributed by atoms with Gasteiger partial charge in [-0.05, 0) is 42.0 Å². The van der Waals surface area contributed by atoms with Gasteiger partial charge in [0.05, 0.1) is 15.8 Å². The van der Waals surface area contributed by atoms with E-state index in [-0.39, 0.29) is 16.9 Å². The number of nitrogens with zero attached hydrogens (tertiary/aromatic N) is 4. The molecule has 7 heteroatoms. The van der Waals surface area contributed by atoms with Gasteiger partial charge < -0.3 is 4.57 Å². The van der Waals surface area contributed by atoms with E-state index < -0.39 is 4.92 Å². The van der Waals surface area contributed by atoms with Crippen LogP contribution in [0.25, 0.3) is 39.6 Å². The quantitative estimate of drug-likeness (QED) is 0.195. The first-order chi connectivity index (χ1) is 18.6. The zero-order chi connectivity index (χ0) is 26.1. The number of rotatable bonds is 6. The van der Waals surface area contributed by atoms with Gasteiger partial charge in [-0.25, -0.2) is 4.98 Å². The average Bonchev–Trinajstić information content (AvgIpc) is 3.29. The van der Waals surface area contributed by atoms with Crippen LogP contribution in [-0.4, -0.2) is 19.0 Å². The first kappa shape index (κ1) is 23.1. The second-order valence-corrected chi connectivity index (χ2v) is 8.92. The molecular weight excluding hydrogens is 476 g/mol. The van der Waals surface area contributed by atoms with Crippen LogP contribution >= 0.6 is 0 Å². The third-order valence-corrected chi connectivity index (χ3v) is 6.55. The fourth-order valence-corrected chi connectivity index (χ4v) is 4.79. The molecule has 6 rings (SSSR count). The first-order valence-corrected chi connectivity index (χ1v) is 12.2. The van der Waals surface area contributed by atoms with Gasteiger partial charge in [0.2, 0.25) is 0 Å². The molecule has 4 aromatic carbocycles. The predicted octanol–water partition coefficient (Wildman–Crippen LogP) is 6.47. The van der Waals surface area contributed by atoms with Crippen LogP contribution in [0.2, 0.25) is 0 Å². The lowest BCUT2D eigenvalue weighted by Gasteiger charge is -2.11. The maximum atomic E-state index is 13.6. The monoisotopic (exact) mass is 498 g/mol. The molecule has 0 amide bonds. The molecule has 7 nitrogen and oxygen atoms in total. The number of nitro groups is 1. The number of para-hydroxylation sites is 4. The van der Waals surface area contributed by atoms with Crippen molar-refractivity contribution < 1.29 is 4.92 Å². The fourth-order valence-electron chi connectivity index (χ4n) is 4.79. The van der Waals surface area contributed by atoms with Gasteiger partial charge >= 0.3 is 0 Å². The van der Waals surface area contributed by atoms with E-state index in [4.69, 9.17) is 4.98 Å². The molecule has 6 aromatic rings.